The lowest BCUT2D eigenvalue weighted by molar-refractivity contribution is 0.00578. The predicted octanol–water partition coefficient (Wildman–Crippen LogP) is 1.96. The second-order valence-electron chi connectivity index (χ2n) is 6.41. The summed E-state index contributed by atoms with van der Waals surface area (Å²) in [4.78, 5) is 0. The van der Waals surface area contributed by atoms with Crippen molar-refractivity contribution in [3.8, 4) is 11.1 Å². The summed E-state index contributed by atoms with van der Waals surface area (Å²) in [5, 5.41) is 6.67. The highest BCUT2D eigenvalue weighted by atomic mass is 16.7. The van der Waals surface area contributed by atoms with E-state index in [1.807, 2.05) is 52.0 Å². The first-order valence-corrected chi connectivity index (χ1v) is 7.05. The highest BCUT2D eigenvalue weighted by Crippen LogP contribution is 2.36. The molecule has 3 N–H and O–H groups in total. The number of rotatable bonds is 2. The van der Waals surface area contributed by atoms with Crippen molar-refractivity contribution in [3.05, 3.63) is 30.5 Å². The van der Waals surface area contributed by atoms with Gasteiger partial charge in [0.05, 0.1) is 17.4 Å². The number of H-pyrrole nitrogens is 1. The maximum atomic E-state index is 6.04. The highest BCUT2D eigenvalue weighted by Gasteiger charge is 2.51. The Hall–Kier alpha value is -1.79. The number of nitrogens with one attached hydrogen (secondary N) is 1. The van der Waals surface area contributed by atoms with Crippen molar-refractivity contribution in [2.45, 2.75) is 38.9 Å². The summed E-state index contributed by atoms with van der Waals surface area (Å²) >= 11 is 0. The lowest BCUT2D eigenvalue weighted by Gasteiger charge is -2.32. The Bertz CT molecular complexity index is 633. The topological polar surface area (TPSA) is 73.2 Å². The first kappa shape index (κ1) is 14.2. The summed E-state index contributed by atoms with van der Waals surface area (Å²) < 4.78 is 12.1. The van der Waals surface area contributed by atoms with Gasteiger partial charge in [-0.15, -0.1) is 0 Å². The highest BCUT2D eigenvalue weighted by molar-refractivity contribution is 6.62. The second kappa shape index (κ2) is 4.61. The van der Waals surface area contributed by atoms with Gasteiger partial charge in [0.15, 0.2) is 0 Å². The molecule has 5 nitrogen and oxygen atoms in total. The Kier molecular flexibility index (Phi) is 3.11. The molecule has 2 aromatic rings. The molecule has 0 unspecified atom stereocenters. The van der Waals surface area contributed by atoms with Crippen LogP contribution in [0.5, 0.6) is 0 Å². The number of nitrogens with two attached hydrogens (primary N) is 1. The first-order valence-electron chi connectivity index (χ1n) is 7.05. The zero-order valence-corrected chi connectivity index (χ0v) is 12.8. The molecule has 0 bridgehead atoms. The minimum Gasteiger partial charge on any atom is -0.399 e. The van der Waals surface area contributed by atoms with Gasteiger partial charge in [0, 0.05) is 5.56 Å². The quantitative estimate of drug-likeness (QED) is 0.827. The van der Waals surface area contributed by atoms with Crippen molar-refractivity contribution in [2.24, 2.45) is 0 Å². The predicted molar refractivity (Wildman–Crippen MR) is 84.2 cm³/mol. The number of nitrogens with zero attached hydrogens (tertiary/aromatic N) is 1. The number of anilines is 1. The number of nitrogen functional groups attached to an aromatic ring is 1. The number of hydrogen-bond acceptors (Lipinski definition) is 4. The molecule has 1 aromatic carbocycles. The minimum absolute atomic E-state index is 0.328. The fourth-order valence-electron chi connectivity index (χ4n) is 2.33. The number of hydrogen-bond donors (Lipinski definition) is 2. The molecule has 110 valence electrons. The van der Waals surface area contributed by atoms with Gasteiger partial charge < -0.3 is 15.0 Å². The van der Waals surface area contributed by atoms with Gasteiger partial charge >= 0.3 is 7.12 Å². The minimum atomic E-state index is -0.342. The van der Waals surface area contributed by atoms with E-state index in [9.17, 15) is 0 Å². The molecule has 0 aliphatic carbocycles. The Morgan fingerprint density at radius 1 is 1.05 bits per heavy atom. The molecular weight excluding hydrogens is 265 g/mol. The zero-order valence-electron chi connectivity index (χ0n) is 12.8. The maximum absolute atomic E-state index is 6.04. The molecular formula is C15H20BN3O2. The Balaban J connectivity index is 1.85. The van der Waals surface area contributed by atoms with E-state index in [1.54, 1.807) is 6.20 Å². The molecule has 0 radical (unpaired) electrons. The van der Waals surface area contributed by atoms with Gasteiger partial charge in [-0.05, 0) is 38.7 Å². The normalized spacial score (nSPS) is 19.9. The van der Waals surface area contributed by atoms with Crippen LogP contribution in [0.1, 0.15) is 27.7 Å². The average Bonchev–Trinajstić information content (AvgIpc) is 2.92. The molecule has 1 aliphatic rings. The summed E-state index contributed by atoms with van der Waals surface area (Å²) in [6.45, 7) is 8.20. The third-order valence-electron chi connectivity index (χ3n) is 4.42. The van der Waals surface area contributed by atoms with Gasteiger partial charge in [0.1, 0.15) is 5.82 Å². The van der Waals surface area contributed by atoms with Crippen LogP contribution in [-0.4, -0.2) is 28.5 Å². The molecule has 1 fully saturated rings. The SMILES string of the molecule is CC1(C)OB(c2ccc(-c3cn[nH]c3N)cc2)OC1(C)C. The number of benzene rings is 1. The standard InChI is InChI=1S/C15H20BN3O2/c1-14(2)15(3,4)21-16(20-14)11-7-5-10(6-8-11)12-9-18-19-13(12)17/h5-9H,1-4H3,(H3,17,18,19). The summed E-state index contributed by atoms with van der Waals surface area (Å²) in [6.07, 6.45) is 1.72. The number of aromatic nitrogens is 2. The van der Waals surface area contributed by atoms with Gasteiger partial charge in [-0.1, -0.05) is 24.3 Å². The molecule has 21 heavy (non-hydrogen) atoms. The van der Waals surface area contributed by atoms with Gasteiger partial charge in [0.25, 0.3) is 0 Å². The molecule has 0 spiro atoms. The summed E-state index contributed by atoms with van der Waals surface area (Å²) in [5.74, 6) is 0.568. The van der Waals surface area contributed by atoms with Crippen LogP contribution in [0.25, 0.3) is 11.1 Å². The molecule has 1 aliphatic heterocycles. The van der Waals surface area contributed by atoms with Crippen LogP contribution < -0.4 is 11.2 Å². The van der Waals surface area contributed by atoms with Crippen molar-refractivity contribution >= 4 is 18.4 Å². The van der Waals surface area contributed by atoms with Gasteiger partial charge in [-0.3, -0.25) is 5.10 Å². The van der Waals surface area contributed by atoms with E-state index in [0.29, 0.717) is 5.82 Å². The smallest absolute Gasteiger partial charge is 0.399 e. The zero-order chi connectivity index (χ0) is 15.3. The lowest BCUT2D eigenvalue weighted by atomic mass is 9.78. The van der Waals surface area contributed by atoms with E-state index >= 15 is 0 Å². The van der Waals surface area contributed by atoms with Crippen LogP contribution in [0.15, 0.2) is 30.5 Å². The summed E-state index contributed by atoms with van der Waals surface area (Å²) in [7, 11) is -0.342. The summed E-state index contributed by atoms with van der Waals surface area (Å²) in [6, 6.07) is 8.01. The molecule has 2 heterocycles. The van der Waals surface area contributed by atoms with E-state index in [4.69, 9.17) is 15.0 Å². The van der Waals surface area contributed by atoms with Crippen LogP contribution in [0.2, 0.25) is 0 Å². The van der Waals surface area contributed by atoms with Crippen LogP contribution >= 0.6 is 0 Å². The van der Waals surface area contributed by atoms with E-state index in [-0.39, 0.29) is 18.3 Å². The fourth-order valence-corrected chi connectivity index (χ4v) is 2.33. The maximum Gasteiger partial charge on any atom is 0.494 e. The van der Waals surface area contributed by atoms with Gasteiger partial charge in [0.2, 0.25) is 0 Å². The van der Waals surface area contributed by atoms with Crippen LogP contribution in [0.4, 0.5) is 5.82 Å². The molecule has 0 atom stereocenters. The molecule has 1 aromatic heterocycles. The van der Waals surface area contributed by atoms with Gasteiger partial charge in [-0.2, -0.15) is 5.10 Å². The van der Waals surface area contributed by atoms with Crippen molar-refractivity contribution in [1.82, 2.24) is 10.2 Å². The van der Waals surface area contributed by atoms with Gasteiger partial charge in [-0.25, -0.2) is 0 Å². The molecule has 3 rings (SSSR count). The van der Waals surface area contributed by atoms with Crippen molar-refractivity contribution in [2.75, 3.05) is 5.73 Å². The van der Waals surface area contributed by atoms with E-state index in [2.05, 4.69) is 10.2 Å². The molecule has 6 heteroatoms. The lowest BCUT2D eigenvalue weighted by Crippen LogP contribution is -2.41. The summed E-state index contributed by atoms with van der Waals surface area (Å²) in [5.41, 5.74) is 8.09. The van der Waals surface area contributed by atoms with Crippen LogP contribution in [0.3, 0.4) is 0 Å². The Morgan fingerprint density at radius 2 is 1.62 bits per heavy atom. The molecule has 0 amide bonds. The molecule has 0 saturated carbocycles. The number of aromatic amines is 1. The Labute approximate surface area is 125 Å². The van der Waals surface area contributed by atoms with E-state index < -0.39 is 0 Å². The van der Waals surface area contributed by atoms with Crippen LogP contribution in [0, 0.1) is 0 Å². The Morgan fingerprint density at radius 3 is 2.10 bits per heavy atom. The van der Waals surface area contributed by atoms with Crippen LogP contribution in [-0.2, 0) is 9.31 Å². The third kappa shape index (κ3) is 2.34. The van der Waals surface area contributed by atoms with Crippen molar-refractivity contribution in [3.63, 3.8) is 0 Å². The average molecular weight is 285 g/mol. The fraction of sp³-hybridized carbons (Fsp3) is 0.400. The van der Waals surface area contributed by atoms with Crippen molar-refractivity contribution in [1.29, 1.82) is 0 Å². The van der Waals surface area contributed by atoms with E-state index in [0.717, 1.165) is 16.6 Å². The van der Waals surface area contributed by atoms with Crippen molar-refractivity contribution < 1.29 is 9.31 Å². The first-order chi connectivity index (χ1) is 9.80. The third-order valence-corrected chi connectivity index (χ3v) is 4.42. The second-order valence-corrected chi connectivity index (χ2v) is 6.41. The monoisotopic (exact) mass is 285 g/mol. The largest absolute Gasteiger partial charge is 0.494 e. The van der Waals surface area contributed by atoms with E-state index in [1.165, 1.54) is 0 Å². The molecule has 1 saturated heterocycles.